The standard InChI is InChI=1S/C22H15FN2O2/c23-18-9-5-8-17(12-18)22(27)19-10-3-4-11-20(19)25(21(22)26)14-16-7-2-1-6-15(16)13-24/h1-12,27H,14H2/t22-/m1/s1. The molecule has 0 radical (unpaired) electrons. The molecule has 0 bridgehead atoms. The molecule has 3 aromatic rings. The lowest BCUT2D eigenvalue weighted by molar-refractivity contribution is -0.132. The van der Waals surface area contributed by atoms with Gasteiger partial charge in [-0.2, -0.15) is 5.26 Å². The normalized spacial score (nSPS) is 18.3. The van der Waals surface area contributed by atoms with Crippen LogP contribution in [0.5, 0.6) is 0 Å². The number of nitriles is 1. The first-order valence-electron chi connectivity index (χ1n) is 8.43. The molecule has 1 amide bonds. The number of rotatable bonds is 3. The van der Waals surface area contributed by atoms with E-state index in [1.54, 1.807) is 48.5 Å². The number of hydrogen-bond donors (Lipinski definition) is 1. The van der Waals surface area contributed by atoms with Gasteiger partial charge in [-0.15, -0.1) is 0 Å². The highest BCUT2D eigenvalue weighted by Gasteiger charge is 2.51. The maximum atomic E-state index is 13.8. The van der Waals surface area contributed by atoms with Crippen molar-refractivity contribution >= 4 is 11.6 Å². The molecular weight excluding hydrogens is 343 g/mol. The van der Waals surface area contributed by atoms with Crippen molar-refractivity contribution in [1.82, 2.24) is 0 Å². The number of amides is 1. The van der Waals surface area contributed by atoms with E-state index in [0.717, 1.165) is 0 Å². The van der Waals surface area contributed by atoms with Gasteiger partial charge in [0.1, 0.15) is 5.82 Å². The molecule has 1 N–H and O–H groups in total. The highest BCUT2D eigenvalue weighted by molar-refractivity contribution is 6.09. The van der Waals surface area contributed by atoms with Crippen LogP contribution in [0.3, 0.4) is 0 Å². The summed E-state index contributed by atoms with van der Waals surface area (Å²) >= 11 is 0. The van der Waals surface area contributed by atoms with Crippen LogP contribution in [0.25, 0.3) is 0 Å². The molecule has 0 fully saturated rings. The predicted octanol–water partition coefficient (Wildman–Crippen LogP) is 3.48. The Bertz CT molecular complexity index is 1090. The quantitative estimate of drug-likeness (QED) is 0.780. The minimum atomic E-state index is -1.97. The molecule has 27 heavy (non-hydrogen) atoms. The van der Waals surface area contributed by atoms with Gasteiger partial charge >= 0.3 is 0 Å². The third-order valence-electron chi connectivity index (χ3n) is 4.85. The second kappa shape index (κ2) is 6.35. The van der Waals surface area contributed by atoms with Gasteiger partial charge in [0.15, 0.2) is 5.60 Å². The molecule has 1 aliphatic heterocycles. The highest BCUT2D eigenvalue weighted by atomic mass is 19.1. The fourth-order valence-corrected chi connectivity index (χ4v) is 3.52. The SMILES string of the molecule is N#Cc1ccccc1CN1C(=O)[C@@](O)(c2cccc(F)c2)c2ccccc21. The summed E-state index contributed by atoms with van der Waals surface area (Å²) in [6.07, 6.45) is 0. The van der Waals surface area contributed by atoms with Gasteiger partial charge in [-0.25, -0.2) is 4.39 Å². The number of aliphatic hydroxyl groups is 1. The largest absolute Gasteiger partial charge is 0.372 e. The Kier molecular flexibility index (Phi) is 3.98. The molecule has 1 aliphatic rings. The van der Waals surface area contributed by atoms with E-state index in [1.165, 1.54) is 29.2 Å². The summed E-state index contributed by atoms with van der Waals surface area (Å²) in [5, 5.41) is 20.7. The van der Waals surface area contributed by atoms with Crippen LogP contribution in [0, 0.1) is 17.1 Å². The summed E-state index contributed by atoms with van der Waals surface area (Å²) in [5.74, 6) is -1.10. The van der Waals surface area contributed by atoms with Crippen molar-refractivity contribution in [3.8, 4) is 6.07 Å². The van der Waals surface area contributed by atoms with Gasteiger partial charge in [-0.1, -0.05) is 48.5 Å². The van der Waals surface area contributed by atoms with Crippen LogP contribution in [0.2, 0.25) is 0 Å². The number of carbonyl (C=O) groups is 1. The Labute approximate surface area is 155 Å². The van der Waals surface area contributed by atoms with Gasteiger partial charge in [0, 0.05) is 11.1 Å². The molecule has 0 aromatic heterocycles. The first kappa shape index (κ1) is 17.0. The van der Waals surface area contributed by atoms with Crippen molar-refractivity contribution in [1.29, 1.82) is 5.26 Å². The summed E-state index contributed by atoms with van der Waals surface area (Å²) in [6, 6.07) is 21.4. The van der Waals surface area contributed by atoms with Crippen LogP contribution in [-0.2, 0) is 16.9 Å². The molecule has 0 aliphatic carbocycles. The van der Waals surface area contributed by atoms with Crippen LogP contribution in [0.1, 0.15) is 22.3 Å². The summed E-state index contributed by atoms with van der Waals surface area (Å²) in [6.45, 7) is 0.136. The van der Waals surface area contributed by atoms with Gasteiger partial charge in [0.05, 0.1) is 23.9 Å². The summed E-state index contributed by atoms with van der Waals surface area (Å²) in [4.78, 5) is 14.7. The Hall–Kier alpha value is -3.49. The van der Waals surface area contributed by atoms with Crippen LogP contribution >= 0.6 is 0 Å². The number of halogens is 1. The number of para-hydroxylation sites is 1. The molecule has 5 heteroatoms. The van der Waals surface area contributed by atoms with E-state index < -0.39 is 17.3 Å². The molecule has 4 nitrogen and oxygen atoms in total. The van der Waals surface area contributed by atoms with E-state index in [0.29, 0.717) is 22.4 Å². The Morgan fingerprint density at radius 3 is 2.56 bits per heavy atom. The van der Waals surface area contributed by atoms with Crippen molar-refractivity contribution in [2.75, 3.05) is 4.90 Å². The number of hydrogen-bond acceptors (Lipinski definition) is 3. The van der Waals surface area contributed by atoms with Crippen LogP contribution in [-0.4, -0.2) is 11.0 Å². The van der Waals surface area contributed by atoms with Crippen LogP contribution < -0.4 is 4.90 Å². The van der Waals surface area contributed by atoms with Gasteiger partial charge < -0.3 is 10.0 Å². The summed E-state index contributed by atoms with van der Waals surface area (Å²) in [7, 11) is 0. The Balaban J connectivity index is 1.84. The molecule has 0 unspecified atom stereocenters. The van der Waals surface area contributed by atoms with Gasteiger partial charge in [-0.3, -0.25) is 4.79 Å². The van der Waals surface area contributed by atoms with E-state index in [4.69, 9.17) is 0 Å². The van der Waals surface area contributed by atoms with E-state index in [-0.39, 0.29) is 12.1 Å². The third-order valence-corrected chi connectivity index (χ3v) is 4.85. The number of anilines is 1. The van der Waals surface area contributed by atoms with Crippen molar-refractivity contribution in [2.24, 2.45) is 0 Å². The van der Waals surface area contributed by atoms with Gasteiger partial charge in [0.2, 0.25) is 0 Å². The molecule has 0 saturated heterocycles. The zero-order valence-electron chi connectivity index (χ0n) is 14.3. The topological polar surface area (TPSA) is 64.3 Å². The lowest BCUT2D eigenvalue weighted by Crippen LogP contribution is -2.41. The smallest absolute Gasteiger partial charge is 0.268 e. The summed E-state index contributed by atoms with van der Waals surface area (Å²) in [5.41, 5.74) is 0.281. The monoisotopic (exact) mass is 358 g/mol. The zero-order chi connectivity index (χ0) is 19.0. The average Bonchev–Trinajstić information content (AvgIpc) is 2.91. The first-order chi connectivity index (χ1) is 13.1. The molecule has 0 spiro atoms. The highest BCUT2D eigenvalue weighted by Crippen LogP contribution is 2.45. The predicted molar refractivity (Wildman–Crippen MR) is 98.2 cm³/mol. The van der Waals surface area contributed by atoms with E-state index >= 15 is 0 Å². The summed E-state index contributed by atoms with van der Waals surface area (Å²) < 4.78 is 13.8. The second-order valence-corrected chi connectivity index (χ2v) is 6.40. The van der Waals surface area contributed by atoms with E-state index in [9.17, 15) is 19.6 Å². The second-order valence-electron chi connectivity index (χ2n) is 6.40. The number of nitrogens with zero attached hydrogens (tertiary/aromatic N) is 2. The van der Waals surface area contributed by atoms with Crippen molar-refractivity contribution in [3.63, 3.8) is 0 Å². The molecule has 132 valence electrons. The average molecular weight is 358 g/mol. The fourth-order valence-electron chi connectivity index (χ4n) is 3.52. The van der Waals surface area contributed by atoms with Gasteiger partial charge in [-0.05, 0) is 29.8 Å². The van der Waals surface area contributed by atoms with Crippen molar-refractivity contribution in [2.45, 2.75) is 12.1 Å². The third kappa shape index (κ3) is 2.59. The molecule has 1 atom stereocenters. The van der Waals surface area contributed by atoms with E-state index in [2.05, 4.69) is 6.07 Å². The molecule has 3 aromatic carbocycles. The number of benzene rings is 3. The zero-order valence-corrected chi connectivity index (χ0v) is 14.3. The minimum Gasteiger partial charge on any atom is -0.372 e. The first-order valence-corrected chi connectivity index (χ1v) is 8.43. The van der Waals surface area contributed by atoms with Crippen LogP contribution in [0.15, 0.2) is 72.8 Å². The Morgan fingerprint density at radius 1 is 1.04 bits per heavy atom. The molecular formula is C22H15FN2O2. The minimum absolute atomic E-state index is 0.136. The van der Waals surface area contributed by atoms with E-state index in [1.807, 2.05) is 0 Å². The van der Waals surface area contributed by atoms with Gasteiger partial charge in [0.25, 0.3) is 5.91 Å². The maximum absolute atomic E-state index is 13.8. The van der Waals surface area contributed by atoms with Crippen molar-refractivity contribution < 1.29 is 14.3 Å². The Morgan fingerprint density at radius 2 is 1.78 bits per heavy atom. The van der Waals surface area contributed by atoms with Crippen LogP contribution in [0.4, 0.5) is 10.1 Å². The lowest BCUT2D eigenvalue weighted by atomic mass is 9.87. The lowest BCUT2D eigenvalue weighted by Gasteiger charge is -2.24. The molecule has 4 rings (SSSR count). The van der Waals surface area contributed by atoms with Crippen molar-refractivity contribution in [3.05, 3.63) is 101 Å². The number of fused-ring (bicyclic) bond motifs is 1. The molecule has 1 heterocycles. The maximum Gasteiger partial charge on any atom is 0.268 e. The number of carbonyl (C=O) groups excluding carboxylic acids is 1. The fraction of sp³-hybridized carbons (Fsp3) is 0.0909. The molecule has 0 saturated carbocycles.